The van der Waals surface area contributed by atoms with E-state index in [1.807, 2.05) is 12.3 Å². The van der Waals surface area contributed by atoms with Crippen molar-refractivity contribution in [3.63, 3.8) is 0 Å². The molecular formula is C17H15FN2S. The van der Waals surface area contributed by atoms with E-state index in [-0.39, 0.29) is 5.82 Å². The van der Waals surface area contributed by atoms with Gasteiger partial charge in [-0.25, -0.2) is 9.37 Å². The first-order valence-electron chi connectivity index (χ1n) is 7.06. The van der Waals surface area contributed by atoms with E-state index in [2.05, 4.69) is 11.1 Å². The predicted octanol–water partition coefficient (Wildman–Crippen LogP) is 4.26. The first kappa shape index (κ1) is 14.1. The van der Waals surface area contributed by atoms with Crippen molar-refractivity contribution in [2.75, 3.05) is 0 Å². The van der Waals surface area contributed by atoms with E-state index >= 15 is 0 Å². The number of hydrogen-bond acceptors (Lipinski definition) is 3. The summed E-state index contributed by atoms with van der Waals surface area (Å²) in [7, 11) is 0. The Morgan fingerprint density at radius 2 is 2.05 bits per heavy atom. The molecule has 1 aromatic carbocycles. The number of pyridine rings is 1. The number of nitriles is 1. The molecule has 0 bridgehead atoms. The highest BCUT2D eigenvalue weighted by atomic mass is 32.2. The molecule has 2 aromatic rings. The monoisotopic (exact) mass is 298 g/mol. The summed E-state index contributed by atoms with van der Waals surface area (Å²) in [6.07, 6.45) is 6.15. The number of halogens is 1. The Balaban J connectivity index is 1.86. The minimum Gasteiger partial charge on any atom is -0.248 e. The zero-order chi connectivity index (χ0) is 14.7. The molecular weight excluding hydrogens is 283 g/mol. The molecule has 1 heterocycles. The summed E-state index contributed by atoms with van der Waals surface area (Å²) < 4.78 is 13.6. The summed E-state index contributed by atoms with van der Waals surface area (Å²) in [6.45, 7) is 0. The summed E-state index contributed by atoms with van der Waals surface area (Å²) >= 11 is 1.44. The van der Waals surface area contributed by atoms with Crippen molar-refractivity contribution < 1.29 is 4.39 Å². The lowest BCUT2D eigenvalue weighted by molar-refractivity contribution is 0.617. The molecule has 3 rings (SSSR count). The molecule has 0 amide bonds. The summed E-state index contributed by atoms with van der Waals surface area (Å²) in [4.78, 5) is 4.43. The molecule has 0 unspecified atom stereocenters. The second kappa shape index (κ2) is 6.28. The first-order chi connectivity index (χ1) is 10.3. The van der Waals surface area contributed by atoms with Gasteiger partial charge in [0, 0.05) is 11.9 Å². The minimum atomic E-state index is -0.207. The molecule has 0 saturated heterocycles. The van der Waals surface area contributed by atoms with Crippen LogP contribution >= 0.6 is 11.8 Å². The van der Waals surface area contributed by atoms with Crippen molar-refractivity contribution in [3.05, 3.63) is 58.5 Å². The van der Waals surface area contributed by atoms with Gasteiger partial charge in [-0.05, 0) is 48.4 Å². The molecule has 0 atom stereocenters. The van der Waals surface area contributed by atoms with E-state index in [1.54, 1.807) is 12.1 Å². The molecule has 2 nitrogen and oxygen atoms in total. The van der Waals surface area contributed by atoms with Gasteiger partial charge >= 0.3 is 0 Å². The molecule has 1 aliphatic carbocycles. The van der Waals surface area contributed by atoms with Gasteiger partial charge in [0.1, 0.15) is 16.9 Å². The van der Waals surface area contributed by atoms with E-state index < -0.39 is 0 Å². The summed E-state index contributed by atoms with van der Waals surface area (Å²) in [5.41, 5.74) is 3.68. The van der Waals surface area contributed by atoms with Crippen LogP contribution in [0.3, 0.4) is 0 Å². The zero-order valence-corrected chi connectivity index (χ0v) is 12.4. The van der Waals surface area contributed by atoms with Crippen LogP contribution < -0.4 is 0 Å². The number of thioether (sulfide) groups is 1. The van der Waals surface area contributed by atoms with Gasteiger partial charge in [-0.3, -0.25) is 0 Å². The third-order valence-electron chi connectivity index (χ3n) is 3.80. The van der Waals surface area contributed by atoms with E-state index in [0.29, 0.717) is 16.9 Å². The van der Waals surface area contributed by atoms with Crippen LogP contribution in [0, 0.1) is 17.1 Å². The Labute approximate surface area is 128 Å². The maximum absolute atomic E-state index is 13.6. The molecule has 0 aliphatic heterocycles. The average Bonchev–Trinajstić information content (AvgIpc) is 2.53. The van der Waals surface area contributed by atoms with E-state index in [1.165, 1.54) is 29.8 Å². The highest BCUT2D eigenvalue weighted by Gasteiger charge is 2.18. The average molecular weight is 298 g/mol. The Hall–Kier alpha value is -1.86. The van der Waals surface area contributed by atoms with Gasteiger partial charge in [0.25, 0.3) is 0 Å². The largest absolute Gasteiger partial charge is 0.248 e. The molecule has 21 heavy (non-hydrogen) atoms. The van der Waals surface area contributed by atoms with Crippen LogP contribution in [0.15, 0.2) is 35.5 Å². The fourth-order valence-electron chi connectivity index (χ4n) is 2.67. The maximum Gasteiger partial charge on any atom is 0.127 e. The highest BCUT2D eigenvalue weighted by Crippen LogP contribution is 2.31. The Morgan fingerprint density at radius 3 is 2.86 bits per heavy atom. The second-order valence-electron chi connectivity index (χ2n) is 5.14. The van der Waals surface area contributed by atoms with Crippen LogP contribution in [0.1, 0.15) is 35.1 Å². The lowest BCUT2D eigenvalue weighted by Crippen LogP contribution is -2.07. The smallest absolute Gasteiger partial charge is 0.127 e. The molecule has 1 aliphatic rings. The van der Waals surface area contributed by atoms with Crippen LogP contribution in [0.25, 0.3) is 0 Å². The van der Waals surface area contributed by atoms with Crippen LogP contribution in [0.5, 0.6) is 0 Å². The Bertz CT molecular complexity index is 706. The fourth-order valence-corrected chi connectivity index (χ4v) is 3.64. The zero-order valence-electron chi connectivity index (χ0n) is 11.6. The van der Waals surface area contributed by atoms with Crippen molar-refractivity contribution in [2.45, 2.75) is 36.5 Å². The molecule has 4 heteroatoms. The number of aromatic nitrogens is 1. The van der Waals surface area contributed by atoms with Gasteiger partial charge < -0.3 is 0 Å². The summed E-state index contributed by atoms with van der Waals surface area (Å²) in [5.74, 6) is 0.286. The van der Waals surface area contributed by atoms with Gasteiger partial charge in [0.05, 0.1) is 5.56 Å². The molecule has 0 N–H and O–H groups in total. The second-order valence-corrected chi connectivity index (χ2v) is 6.11. The number of aryl methyl sites for hydroxylation is 1. The third kappa shape index (κ3) is 2.93. The number of benzene rings is 1. The van der Waals surface area contributed by atoms with E-state index in [0.717, 1.165) is 29.9 Å². The van der Waals surface area contributed by atoms with Crippen LogP contribution in [-0.2, 0) is 18.6 Å². The van der Waals surface area contributed by atoms with E-state index in [9.17, 15) is 9.65 Å². The molecule has 0 fully saturated rings. The SMILES string of the molecule is N#Cc1c(SCc2ccccc2F)ncc2c1CCCC2. The Kier molecular flexibility index (Phi) is 4.21. The normalized spacial score (nSPS) is 13.5. The van der Waals surface area contributed by atoms with Gasteiger partial charge in [-0.2, -0.15) is 5.26 Å². The van der Waals surface area contributed by atoms with Gasteiger partial charge in [-0.1, -0.05) is 18.2 Å². The van der Waals surface area contributed by atoms with Gasteiger partial charge in [0.15, 0.2) is 0 Å². The van der Waals surface area contributed by atoms with Crippen molar-refractivity contribution >= 4 is 11.8 Å². The standard InChI is InChI=1S/C17H15FN2S/c18-16-8-4-2-6-13(16)11-21-17-15(9-19)14-7-3-1-5-12(14)10-20-17/h2,4,6,8,10H,1,3,5,7,11H2. The summed E-state index contributed by atoms with van der Waals surface area (Å²) in [5, 5.41) is 10.2. The van der Waals surface area contributed by atoms with Crippen LogP contribution in [0.4, 0.5) is 4.39 Å². The lowest BCUT2D eigenvalue weighted by atomic mass is 9.90. The van der Waals surface area contributed by atoms with Crippen molar-refractivity contribution in [1.82, 2.24) is 4.98 Å². The quantitative estimate of drug-likeness (QED) is 0.794. The molecule has 1 aromatic heterocycles. The van der Waals surface area contributed by atoms with Gasteiger partial charge in [0.2, 0.25) is 0 Å². The number of fused-ring (bicyclic) bond motifs is 1. The van der Waals surface area contributed by atoms with E-state index in [4.69, 9.17) is 0 Å². The highest BCUT2D eigenvalue weighted by molar-refractivity contribution is 7.98. The first-order valence-corrected chi connectivity index (χ1v) is 8.05. The van der Waals surface area contributed by atoms with Crippen molar-refractivity contribution in [2.24, 2.45) is 0 Å². The number of hydrogen-bond donors (Lipinski definition) is 0. The fraction of sp³-hybridized carbons (Fsp3) is 0.294. The van der Waals surface area contributed by atoms with Crippen LogP contribution in [0.2, 0.25) is 0 Å². The molecule has 106 valence electrons. The Morgan fingerprint density at radius 1 is 1.24 bits per heavy atom. The maximum atomic E-state index is 13.6. The van der Waals surface area contributed by atoms with Gasteiger partial charge in [-0.15, -0.1) is 11.8 Å². The van der Waals surface area contributed by atoms with Crippen LogP contribution in [-0.4, -0.2) is 4.98 Å². The third-order valence-corrected chi connectivity index (χ3v) is 4.84. The molecule has 0 saturated carbocycles. The lowest BCUT2D eigenvalue weighted by Gasteiger charge is -2.17. The molecule has 0 spiro atoms. The molecule has 0 radical (unpaired) electrons. The minimum absolute atomic E-state index is 0.207. The number of nitrogens with zero attached hydrogens (tertiary/aromatic N) is 2. The van der Waals surface area contributed by atoms with Crippen molar-refractivity contribution in [1.29, 1.82) is 5.26 Å². The predicted molar refractivity (Wildman–Crippen MR) is 81.6 cm³/mol. The topological polar surface area (TPSA) is 36.7 Å². The summed E-state index contributed by atoms with van der Waals surface area (Å²) in [6, 6.07) is 9.03. The number of rotatable bonds is 3. The van der Waals surface area contributed by atoms with Crippen molar-refractivity contribution in [3.8, 4) is 6.07 Å².